The summed E-state index contributed by atoms with van der Waals surface area (Å²) in [6, 6.07) is 13.6. The molecule has 0 aliphatic rings. The van der Waals surface area contributed by atoms with Gasteiger partial charge in [-0.25, -0.2) is 0 Å². The van der Waals surface area contributed by atoms with Crippen LogP contribution in [0.1, 0.15) is 16.1 Å². The molecule has 0 spiro atoms. The number of nitrogens with zero attached hydrogens (tertiary/aromatic N) is 1. The molecule has 1 heterocycles. The van der Waals surface area contributed by atoms with Gasteiger partial charge in [0.15, 0.2) is 0 Å². The van der Waals surface area contributed by atoms with E-state index in [0.717, 1.165) is 0 Å². The van der Waals surface area contributed by atoms with E-state index in [9.17, 15) is 9.59 Å². The maximum atomic E-state index is 12.1. The number of rotatable bonds is 2. The Morgan fingerprint density at radius 2 is 1.57 bits per heavy atom. The van der Waals surface area contributed by atoms with Crippen LogP contribution in [0.15, 0.2) is 53.3 Å². The first kappa shape index (κ1) is 17.0. The van der Waals surface area contributed by atoms with Crippen molar-refractivity contribution in [2.45, 2.75) is 0 Å². The second kappa shape index (κ2) is 7.11. The van der Waals surface area contributed by atoms with Gasteiger partial charge in [0.2, 0.25) is 5.78 Å². The molecule has 1 aromatic carbocycles. The number of carbonyl (C=O) groups excluding carboxylic acids is 1. The maximum Gasteiger partial charge on any atom is 0.250 e. The Balaban J connectivity index is 0.000000383. The third-order valence-electron chi connectivity index (χ3n) is 2.45. The molecular formula is C13H12ClNO6. The lowest BCUT2D eigenvalue weighted by atomic mass is 10.1. The molecule has 0 aliphatic heterocycles. The van der Waals surface area contributed by atoms with Crippen LogP contribution in [0.4, 0.5) is 0 Å². The summed E-state index contributed by atoms with van der Waals surface area (Å²) in [5.74, 6) is -0.138. The molecule has 0 amide bonds. The van der Waals surface area contributed by atoms with Gasteiger partial charge >= 0.3 is 0 Å². The zero-order valence-corrected chi connectivity index (χ0v) is 11.7. The summed E-state index contributed by atoms with van der Waals surface area (Å²) in [4.78, 5) is 23.4. The highest BCUT2D eigenvalue weighted by Gasteiger charge is 2.11. The molecular weight excluding hydrogens is 302 g/mol. The van der Waals surface area contributed by atoms with Crippen LogP contribution < -0.4 is 19.5 Å². The molecule has 1 N–H and O–H groups in total. The molecule has 112 valence electrons. The molecule has 0 aliphatic carbocycles. The quantitative estimate of drug-likeness (QED) is 0.610. The molecule has 2 aromatic rings. The van der Waals surface area contributed by atoms with E-state index >= 15 is 0 Å². The fourth-order valence-corrected chi connectivity index (χ4v) is 1.53. The molecule has 7 nitrogen and oxygen atoms in total. The standard InChI is InChI=1S/C13H11NO2.ClHO4/c1-14-11(8-5-9-12(14)15)13(16)10-6-3-2-4-7-10;2-1(3,4)5/h2-9H,1H3;(H,2,3,4,5). The van der Waals surface area contributed by atoms with Crippen LogP contribution in [0.2, 0.25) is 0 Å². The number of aromatic nitrogens is 1. The Bertz CT molecular complexity index is 656. The minimum absolute atomic E-state index is 0.138. The topological polar surface area (TPSA) is 128 Å². The lowest BCUT2D eigenvalue weighted by molar-refractivity contribution is -1.92. The van der Waals surface area contributed by atoms with Crippen LogP contribution >= 0.6 is 0 Å². The van der Waals surface area contributed by atoms with Crippen molar-refractivity contribution in [2.75, 3.05) is 0 Å². The summed E-state index contributed by atoms with van der Waals surface area (Å²) in [5, 5.41) is 0. The van der Waals surface area contributed by atoms with Gasteiger partial charge in [0.1, 0.15) is 0 Å². The monoisotopic (exact) mass is 313 g/mol. The van der Waals surface area contributed by atoms with Gasteiger partial charge in [0.05, 0.1) is 20.6 Å². The molecule has 0 fully saturated rings. The van der Waals surface area contributed by atoms with Gasteiger partial charge in [-0.2, -0.15) is 14.0 Å². The van der Waals surface area contributed by atoms with Crippen LogP contribution in [-0.4, -0.2) is 15.0 Å². The summed E-state index contributed by atoms with van der Waals surface area (Å²) in [6.07, 6.45) is 0. The van der Waals surface area contributed by atoms with Gasteiger partial charge < -0.3 is 4.57 Å². The van der Waals surface area contributed by atoms with Gasteiger partial charge in [-0.1, -0.05) is 36.4 Å². The molecule has 1 aromatic heterocycles. The van der Waals surface area contributed by atoms with Crippen molar-refractivity contribution in [3.8, 4) is 0 Å². The minimum atomic E-state index is -4.69. The Kier molecular flexibility index (Phi) is 5.77. The van der Waals surface area contributed by atoms with Crippen molar-refractivity contribution in [1.82, 2.24) is 4.57 Å². The predicted molar refractivity (Wildman–Crippen MR) is 63.8 cm³/mol. The largest absolute Gasteiger partial charge is 0.308 e. The fraction of sp³-hybridized carbons (Fsp3) is 0.0769. The van der Waals surface area contributed by atoms with Crippen LogP contribution in [0.3, 0.4) is 0 Å². The second-order valence-corrected chi connectivity index (χ2v) is 4.69. The maximum absolute atomic E-state index is 12.1. The summed E-state index contributed by atoms with van der Waals surface area (Å²) in [6.45, 7) is 0. The van der Waals surface area contributed by atoms with Gasteiger partial charge in [-0.05, 0) is 6.07 Å². The average Bonchev–Trinajstić information content (AvgIpc) is 2.40. The summed E-state index contributed by atoms with van der Waals surface area (Å²) in [7, 11) is -3.10. The summed E-state index contributed by atoms with van der Waals surface area (Å²) in [5.41, 5.74) is 0.809. The van der Waals surface area contributed by atoms with Crippen molar-refractivity contribution in [1.29, 1.82) is 0 Å². The molecule has 21 heavy (non-hydrogen) atoms. The number of halogens is 1. The van der Waals surface area contributed by atoms with Gasteiger partial charge in [0.25, 0.3) is 5.56 Å². The van der Waals surface area contributed by atoms with E-state index in [0.29, 0.717) is 11.3 Å². The lowest BCUT2D eigenvalue weighted by Crippen LogP contribution is -2.58. The highest BCUT2D eigenvalue weighted by atomic mass is 35.7. The van der Waals surface area contributed by atoms with Crippen molar-refractivity contribution in [3.05, 3.63) is 70.1 Å². The highest BCUT2D eigenvalue weighted by Crippen LogP contribution is 2.06. The third-order valence-corrected chi connectivity index (χ3v) is 2.45. The van der Waals surface area contributed by atoms with Crippen LogP contribution in [0.25, 0.3) is 0 Å². The van der Waals surface area contributed by atoms with E-state index in [1.807, 2.05) is 6.07 Å². The molecule has 0 saturated carbocycles. The molecule has 0 atom stereocenters. The SMILES string of the molecule is Cn1c(C(=O)c2ccccc2)cccc1=O.[O-][Cl+3]([O-])([O-])O. The third kappa shape index (κ3) is 5.86. The van der Waals surface area contributed by atoms with Crippen molar-refractivity contribution < 1.29 is 33.7 Å². The number of ketones is 1. The van der Waals surface area contributed by atoms with Gasteiger partial charge in [0, 0.05) is 18.7 Å². The number of carbonyl (C=O) groups is 1. The Hall–Kier alpha value is -2.03. The lowest BCUT2D eigenvalue weighted by Gasteiger charge is -2.05. The molecule has 0 saturated heterocycles. The van der Waals surface area contributed by atoms with E-state index in [1.165, 1.54) is 10.6 Å². The highest BCUT2D eigenvalue weighted by molar-refractivity contribution is 6.07. The number of pyridine rings is 1. The summed E-state index contributed by atoms with van der Waals surface area (Å²) < 4.78 is 34.1. The first-order valence-electron chi connectivity index (χ1n) is 5.59. The fourth-order valence-electron chi connectivity index (χ4n) is 1.53. The van der Waals surface area contributed by atoms with Crippen molar-refractivity contribution >= 4 is 5.78 Å². The predicted octanol–water partition coefficient (Wildman–Crippen LogP) is -2.51. The minimum Gasteiger partial charge on any atom is -0.308 e. The van der Waals surface area contributed by atoms with E-state index < -0.39 is 10.2 Å². The zero-order chi connectivity index (χ0) is 16.0. The van der Waals surface area contributed by atoms with Gasteiger partial charge in [-0.3, -0.25) is 9.59 Å². The van der Waals surface area contributed by atoms with Crippen LogP contribution in [0, 0.1) is 10.2 Å². The van der Waals surface area contributed by atoms with Crippen molar-refractivity contribution in [3.63, 3.8) is 0 Å². The van der Waals surface area contributed by atoms with Crippen LogP contribution in [0.5, 0.6) is 0 Å². The van der Waals surface area contributed by atoms with Crippen LogP contribution in [-0.2, 0) is 7.05 Å². The van der Waals surface area contributed by atoms with Crippen molar-refractivity contribution in [2.24, 2.45) is 7.05 Å². The Labute approximate surface area is 122 Å². The van der Waals surface area contributed by atoms with E-state index in [2.05, 4.69) is 0 Å². The van der Waals surface area contributed by atoms with Gasteiger partial charge in [-0.15, -0.1) is 0 Å². The normalized spacial score (nSPS) is 10.5. The second-order valence-electron chi connectivity index (χ2n) is 3.90. The molecule has 0 radical (unpaired) electrons. The number of hydrogen-bond acceptors (Lipinski definition) is 6. The van der Waals surface area contributed by atoms with E-state index in [-0.39, 0.29) is 11.3 Å². The molecule has 2 rings (SSSR count). The molecule has 8 heteroatoms. The first-order valence-corrected chi connectivity index (χ1v) is 6.85. The first-order chi connectivity index (χ1) is 9.70. The number of hydrogen-bond donors (Lipinski definition) is 1. The Morgan fingerprint density at radius 1 is 1.05 bits per heavy atom. The summed E-state index contributed by atoms with van der Waals surface area (Å²) >= 11 is 0. The van der Waals surface area contributed by atoms with E-state index in [1.54, 1.807) is 43.4 Å². The number of benzene rings is 1. The smallest absolute Gasteiger partial charge is 0.250 e. The molecule has 0 bridgehead atoms. The van der Waals surface area contributed by atoms with E-state index in [4.69, 9.17) is 18.6 Å². The molecule has 0 unspecified atom stereocenters. The Morgan fingerprint density at radius 3 is 2.10 bits per heavy atom. The average molecular weight is 314 g/mol. The zero-order valence-electron chi connectivity index (χ0n) is 10.9.